The van der Waals surface area contributed by atoms with Gasteiger partial charge in [-0.1, -0.05) is 25.5 Å². The first-order valence-electron chi connectivity index (χ1n) is 11.0. The molecule has 4 aromatic rings. The number of aromatic hydroxyl groups is 1. The number of rotatable bonds is 8. The fourth-order valence-electron chi connectivity index (χ4n) is 4.15. The van der Waals surface area contributed by atoms with Gasteiger partial charge in [0.05, 0.1) is 22.7 Å². The molecule has 0 aliphatic heterocycles. The van der Waals surface area contributed by atoms with E-state index in [-0.39, 0.29) is 39.4 Å². The highest BCUT2D eigenvalue weighted by Gasteiger charge is 2.30. The van der Waals surface area contributed by atoms with Crippen LogP contribution in [0.2, 0.25) is 0 Å². The highest BCUT2D eigenvalue weighted by molar-refractivity contribution is 5.95. The van der Waals surface area contributed by atoms with Crippen LogP contribution in [0.4, 0.5) is 5.69 Å². The van der Waals surface area contributed by atoms with Gasteiger partial charge in [0.25, 0.3) is 5.69 Å². The van der Waals surface area contributed by atoms with Crippen molar-refractivity contribution in [3.63, 3.8) is 0 Å². The van der Waals surface area contributed by atoms with Crippen LogP contribution < -0.4 is 5.32 Å². The molecular formula is C25H25N5O4. The molecule has 0 spiro atoms. The third-order valence-corrected chi connectivity index (χ3v) is 5.86. The Labute approximate surface area is 196 Å². The van der Waals surface area contributed by atoms with E-state index < -0.39 is 11.0 Å². The van der Waals surface area contributed by atoms with E-state index in [1.165, 1.54) is 6.20 Å². The van der Waals surface area contributed by atoms with Crippen LogP contribution in [0.25, 0.3) is 16.6 Å². The molecule has 9 heteroatoms. The molecule has 0 aliphatic rings. The molecule has 2 aromatic carbocycles. The molecule has 0 aliphatic carbocycles. The van der Waals surface area contributed by atoms with Crippen molar-refractivity contribution in [2.75, 3.05) is 0 Å². The van der Waals surface area contributed by atoms with Gasteiger partial charge >= 0.3 is 0 Å². The summed E-state index contributed by atoms with van der Waals surface area (Å²) in [4.78, 5) is 32.5. The summed E-state index contributed by atoms with van der Waals surface area (Å²) in [5.74, 6) is -0.383. The molecule has 0 bridgehead atoms. The molecular weight excluding hydrogens is 434 g/mol. The van der Waals surface area contributed by atoms with Crippen LogP contribution in [0, 0.1) is 17.0 Å². The zero-order valence-electron chi connectivity index (χ0n) is 18.9. The van der Waals surface area contributed by atoms with Crippen LogP contribution in [0.1, 0.15) is 48.9 Å². The van der Waals surface area contributed by atoms with Gasteiger partial charge in [0.2, 0.25) is 5.91 Å². The number of hydrogen-bond acceptors (Lipinski definition) is 6. The number of hydrogen-bond donors (Lipinski definition) is 2. The van der Waals surface area contributed by atoms with Gasteiger partial charge in [0.15, 0.2) is 0 Å². The fourth-order valence-corrected chi connectivity index (χ4v) is 4.15. The molecule has 0 saturated carbocycles. The van der Waals surface area contributed by atoms with Gasteiger partial charge in [-0.05, 0) is 43.2 Å². The number of nitro groups is 1. The molecule has 0 radical (unpaired) electrons. The molecule has 0 fully saturated rings. The number of benzene rings is 2. The fraction of sp³-hybridized carbons (Fsp3) is 0.240. The minimum Gasteiger partial charge on any atom is -0.505 e. The van der Waals surface area contributed by atoms with Crippen molar-refractivity contribution >= 4 is 22.5 Å². The number of fused-ring (bicyclic) bond motifs is 1. The normalized spacial score (nSPS) is 11.9. The van der Waals surface area contributed by atoms with Crippen molar-refractivity contribution in [3.05, 3.63) is 88.1 Å². The van der Waals surface area contributed by atoms with Crippen molar-refractivity contribution in [1.82, 2.24) is 19.9 Å². The van der Waals surface area contributed by atoms with Crippen LogP contribution in [0.5, 0.6) is 5.75 Å². The Hall–Kier alpha value is -4.27. The Morgan fingerprint density at radius 1 is 1.24 bits per heavy atom. The van der Waals surface area contributed by atoms with Gasteiger partial charge in [0.1, 0.15) is 11.3 Å². The maximum atomic E-state index is 12.8. The van der Waals surface area contributed by atoms with Crippen molar-refractivity contribution in [2.24, 2.45) is 0 Å². The number of amides is 1. The Morgan fingerprint density at radius 2 is 2.00 bits per heavy atom. The predicted octanol–water partition coefficient (Wildman–Crippen LogP) is 4.74. The lowest BCUT2D eigenvalue weighted by Gasteiger charge is -2.24. The lowest BCUT2D eigenvalue weighted by Crippen LogP contribution is -2.30. The number of nitrogens with zero attached hydrogens (tertiary/aromatic N) is 4. The number of nitro benzene ring substituents is 1. The van der Waals surface area contributed by atoms with Gasteiger partial charge in [-0.25, -0.2) is 4.98 Å². The Morgan fingerprint density at radius 3 is 2.65 bits per heavy atom. The molecule has 2 N–H and O–H groups in total. The van der Waals surface area contributed by atoms with Crippen molar-refractivity contribution in [3.8, 4) is 11.4 Å². The molecule has 0 saturated heterocycles. The summed E-state index contributed by atoms with van der Waals surface area (Å²) in [6, 6.07) is 9.73. The van der Waals surface area contributed by atoms with Crippen LogP contribution in [-0.2, 0) is 4.79 Å². The minimum atomic E-state index is -0.800. The summed E-state index contributed by atoms with van der Waals surface area (Å²) in [6.07, 6.45) is 8.51. The molecule has 4 rings (SSSR count). The Kier molecular flexibility index (Phi) is 6.53. The third kappa shape index (κ3) is 4.32. The van der Waals surface area contributed by atoms with Gasteiger partial charge in [-0.15, -0.1) is 0 Å². The number of nitrogens with one attached hydrogen (secondary N) is 1. The van der Waals surface area contributed by atoms with Gasteiger partial charge < -0.3 is 15.0 Å². The van der Waals surface area contributed by atoms with Gasteiger partial charge in [0, 0.05) is 41.8 Å². The first kappa shape index (κ1) is 22.9. The second-order valence-corrected chi connectivity index (χ2v) is 8.06. The highest BCUT2D eigenvalue weighted by Crippen LogP contribution is 2.43. The molecule has 1 unspecified atom stereocenters. The average molecular weight is 460 g/mol. The number of carbonyl (C=O) groups excluding carboxylic acids is 1. The number of phenolic OH excluding ortho intramolecular Hbond substituents is 1. The van der Waals surface area contributed by atoms with E-state index in [2.05, 4.69) is 15.3 Å². The Balaban J connectivity index is 1.88. The molecule has 9 nitrogen and oxygen atoms in total. The average Bonchev–Trinajstić information content (AvgIpc) is 3.37. The van der Waals surface area contributed by atoms with E-state index in [1.807, 2.05) is 42.0 Å². The summed E-state index contributed by atoms with van der Waals surface area (Å²) in [5.41, 5.74) is 2.07. The van der Waals surface area contributed by atoms with Crippen molar-refractivity contribution < 1.29 is 14.8 Å². The minimum absolute atomic E-state index is 0.123. The zero-order chi connectivity index (χ0) is 24.2. The lowest BCUT2D eigenvalue weighted by atomic mass is 9.90. The number of carbonyl (C=O) groups is 1. The van der Waals surface area contributed by atoms with Gasteiger partial charge in [-0.2, -0.15) is 0 Å². The number of phenols is 1. The topological polar surface area (TPSA) is 123 Å². The van der Waals surface area contributed by atoms with Crippen LogP contribution >= 0.6 is 0 Å². The van der Waals surface area contributed by atoms with Crippen LogP contribution in [0.3, 0.4) is 0 Å². The molecule has 174 valence electrons. The van der Waals surface area contributed by atoms with Crippen LogP contribution in [-0.4, -0.2) is 30.5 Å². The van der Waals surface area contributed by atoms with Crippen molar-refractivity contribution in [2.45, 2.75) is 39.2 Å². The maximum Gasteiger partial charge on any atom is 0.282 e. The summed E-state index contributed by atoms with van der Waals surface area (Å²) in [5, 5.41) is 26.4. The molecule has 34 heavy (non-hydrogen) atoms. The van der Waals surface area contributed by atoms with Crippen LogP contribution in [0.15, 0.2) is 61.3 Å². The number of pyridine rings is 1. The number of aromatic nitrogens is 3. The largest absolute Gasteiger partial charge is 0.505 e. The monoisotopic (exact) mass is 459 g/mol. The standard InChI is InChI=1S/C25H25N5O4/c1-3-4-7-20(31)28-22(17-8-10-18(11-9-17)29-14-13-26-15-29)21-16(2)24(30(33)34)19-6-5-12-27-23(19)25(21)32/h5-6,8-15,22,32H,3-4,7H2,1-2H3,(H,28,31). The van der Waals surface area contributed by atoms with Crippen molar-refractivity contribution in [1.29, 1.82) is 0 Å². The highest BCUT2D eigenvalue weighted by atomic mass is 16.6. The smallest absolute Gasteiger partial charge is 0.282 e. The second-order valence-electron chi connectivity index (χ2n) is 8.06. The van der Waals surface area contributed by atoms with E-state index in [0.29, 0.717) is 18.4 Å². The number of imidazole rings is 1. The summed E-state index contributed by atoms with van der Waals surface area (Å²) >= 11 is 0. The number of unbranched alkanes of at least 4 members (excludes halogenated alkanes) is 1. The second kappa shape index (κ2) is 9.70. The van der Waals surface area contributed by atoms with E-state index in [0.717, 1.165) is 12.1 Å². The maximum absolute atomic E-state index is 12.8. The van der Waals surface area contributed by atoms with E-state index in [9.17, 15) is 20.0 Å². The first-order chi connectivity index (χ1) is 16.4. The van der Waals surface area contributed by atoms with E-state index in [4.69, 9.17) is 0 Å². The molecule has 1 amide bonds. The third-order valence-electron chi connectivity index (χ3n) is 5.86. The SMILES string of the molecule is CCCCC(=O)NC(c1ccc(-n2ccnc2)cc1)c1c(C)c([N+](=O)[O-])c2cccnc2c1O. The Bertz CT molecular complexity index is 1330. The molecule has 1 atom stereocenters. The van der Waals surface area contributed by atoms with Gasteiger partial charge in [-0.3, -0.25) is 19.9 Å². The molecule has 2 aromatic heterocycles. The van der Waals surface area contributed by atoms with E-state index >= 15 is 0 Å². The zero-order valence-corrected chi connectivity index (χ0v) is 18.9. The summed E-state index contributed by atoms with van der Waals surface area (Å²) in [6.45, 7) is 3.58. The quantitative estimate of drug-likeness (QED) is 0.290. The predicted molar refractivity (Wildman–Crippen MR) is 128 cm³/mol. The molecule has 2 heterocycles. The van der Waals surface area contributed by atoms with E-state index in [1.54, 1.807) is 31.6 Å². The first-order valence-corrected chi connectivity index (χ1v) is 11.0. The summed E-state index contributed by atoms with van der Waals surface area (Å²) in [7, 11) is 0. The lowest BCUT2D eigenvalue weighted by molar-refractivity contribution is -0.383. The summed E-state index contributed by atoms with van der Waals surface area (Å²) < 4.78 is 1.84.